The minimum Gasteiger partial charge on any atom is -0.456 e. The van der Waals surface area contributed by atoms with E-state index in [1.54, 1.807) is 0 Å². The van der Waals surface area contributed by atoms with E-state index in [9.17, 15) is 0 Å². The Morgan fingerprint density at radius 1 is 0.547 bits per heavy atom. The summed E-state index contributed by atoms with van der Waals surface area (Å²) in [6, 6.07) is 41.7. The molecule has 316 valence electrons. The minimum atomic E-state index is -0.161. The first-order valence-electron chi connectivity index (χ1n) is 23.4. The zero-order chi connectivity index (χ0) is 44.1. The van der Waals surface area contributed by atoms with Gasteiger partial charge in [0.2, 0.25) is 0 Å². The van der Waals surface area contributed by atoms with Gasteiger partial charge in [-0.05, 0) is 135 Å². The predicted molar refractivity (Wildman–Crippen MR) is 272 cm³/mol. The molecule has 7 aromatic carbocycles. The first kappa shape index (κ1) is 38.3. The lowest BCUT2D eigenvalue weighted by Crippen LogP contribution is -2.61. The molecule has 0 spiro atoms. The van der Waals surface area contributed by atoms with Crippen LogP contribution in [0.2, 0.25) is 0 Å². The van der Waals surface area contributed by atoms with Crippen LogP contribution in [0.4, 0.5) is 11.4 Å². The highest BCUT2D eigenvalue weighted by Crippen LogP contribution is 2.55. The number of rotatable bonds is 1. The van der Waals surface area contributed by atoms with Gasteiger partial charge < -0.3 is 18.2 Å². The average molecular weight is 835 g/mol. The third-order valence-corrected chi connectivity index (χ3v) is 15.8. The van der Waals surface area contributed by atoms with Crippen molar-refractivity contribution in [3.05, 3.63) is 137 Å². The molecule has 5 heteroatoms. The Bertz CT molecular complexity index is 3720. The smallest absolute Gasteiger partial charge is 0.333 e. The van der Waals surface area contributed by atoms with Gasteiger partial charge in [-0.2, -0.15) is 0 Å². The number of hydrogen-bond acceptors (Lipinski definition) is 3. The van der Waals surface area contributed by atoms with E-state index in [1.165, 1.54) is 95.2 Å². The molecule has 0 saturated carbocycles. The first-order valence-corrected chi connectivity index (χ1v) is 23.4. The highest BCUT2D eigenvalue weighted by atomic mass is 16.3. The highest BCUT2D eigenvalue weighted by Gasteiger charge is 2.48. The average Bonchev–Trinajstić information content (AvgIpc) is 3.93. The molecule has 4 nitrogen and oxygen atoms in total. The number of nitrogens with zero attached hydrogens (tertiary/aromatic N) is 2. The Kier molecular flexibility index (Phi) is 7.25. The van der Waals surface area contributed by atoms with E-state index < -0.39 is 0 Å². The van der Waals surface area contributed by atoms with Gasteiger partial charge in [-0.15, -0.1) is 0 Å². The van der Waals surface area contributed by atoms with Gasteiger partial charge in [0, 0.05) is 60.5 Å². The van der Waals surface area contributed by atoms with Gasteiger partial charge in [-0.3, -0.25) is 0 Å². The van der Waals surface area contributed by atoms with Crippen LogP contribution in [-0.2, 0) is 21.7 Å². The van der Waals surface area contributed by atoms with Crippen LogP contribution < -0.4 is 15.7 Å². The van der Waals surface area contributed by atoms with Gasteiger partial charge >= 0.3 is 6.85 Å². The second kappa shape index (κ2) is 12.1. The molecular weight excluding hydrogens is 779 g/mol. The van der Waals surface area contributed by atoms with Crippen molar-refractivity contribution in [1.29, 1.82) is 0 Å². The number of anilines is 2. The molecule has 0 unspecified atom stereocenters. The third-order valence-electron chi connectivity index (χ3n) is 15.8. The molecular formula is C59H55BN2O2. The summed E-state index contributed by atoms with van der Waals surface area (Å²) in [5.41, 5.74) is 21.7. The SMILES string of the molecule is Cc1cc2c(cc1N1B3c4c(cc5c(oc6ccccc65)c4-c4c1ccc1oc5ccccc5c41)-n1c4ccc(C(C)(C)C)cc4c4cc(C(C)(C)C)cc3c41)C(C)(C)CCC2(C)C. The van der Waals surface area contributed by atoms with Crippen LogP contribution in [0.3, 0.4) is 0 Å². The van der Waals surface area contributed by atoms with Gasteiger partial charge in [0.05, 0.1) is 11.0 Å². The quantitative estimate of drug-likeness (QED) is 0.155. The molecule has 0 N–H and O–H groups in total. The van der Waals surface area contributed by atoms with E-state index in [2.05, 4.69) is 195 Å². The van der Waals surface area contributed by atoms with Crippen molar-refractivity contribution < 1.29 is 8.83 Å². The molecule has 3 aromatic heterocycles. The standard InChI is InChI=1S/C59H55BN2O2/c1-32-26-40-41(59(10,11)25-24-58(40,8)9)31-45(32)62-44-22-23-49-50(36-17-13-15-19-48(36)63-49)51(44)52-53-46(30-39-35-16-12-14-18-47(35)64-55(39)52)61-43-21-20-33(56(2,3)4)27-37(43)38-28-34(57(5,6)7)29-42(54(38)61)60(53)62/h12-23,26-31H,24-25H2,1-11H3. The minimum absolute atomic E-state index is 0.00480. The summed E-state index contributed by atoms with van der Waals surface area (Å²) in [7, 11) is 0. The number of benzene rings is 7. The van der Waals surface area contributed by atoms with Crippen molar-refractivity contribution in [1.82, 2.24) is 4.57 Å². The van der Waals surface area contributed by atoms with Crippen LogP contribution in [-0.4, -0.2) is 11.4 Å². The van der Waals surface area contributed by atoms with Crippen molar-refractivity contribution >= 4 is 94.8 Å². The van der Waals surface area contributed by atoms with E-state index in [0.717, 1.165) is 50.3 Å². The molecule has 13 rings (SSSR count). The molecule has 0 atom stereocenters. The van der Waals surface area contributed by atoms with Crippen molar-refractivity contribution in [2.45, 2.75) is 111 Å². The number of para-hydroxylation sites is 2. The Hall–Kier alpha value is -6.20. The maximum atomic E-state index is 7.21. The van der Waals surface area contributed by atoms with E-state index in [1.807, 2.05) is 0 Å². The fourth-order valence-electron chi connectivity index (χ4n) is 12.2. The molecule has 2 aliphatic heterocycles. The monoisotopic (exact) mass is 834 g/mol. The van der Waals surface area contributed by atoms with Gasteiger partial charge in [0.15, 0.2) is 0 Å². The Morgan fingerprint density at radius 3 is 1.92 bits per heavy atom. The summed E-state index contributed by atoms with van der Waals surface area (Å²) in [4.78, 5) is 2.74. The summed E-state index contributed by atoms with van der Waals surface area (Å²) in [5.74, 6) is 0. The molecule has 0 saturated heterocycles. The fourth-order valence-corrected chi connectivity index (χ4v) is 12.2. The van der Waals surface area contributed by atoms with Gasteiger partial charge in [0.25, 0.3) is 0 Å². The van der Waals surface area contributed by atoms with Crippen molar-refractivity contribution in [3.63, 3.8) is 0 Å². The van der Waals surface area contributed by atoms with E-state index in [-0.39, 0.29) is 28.5 Å². The van der Waals surface area contributed by atoms with Crippen LogP contribution in [0.5, 0.6) is 0 Å². The van der Waals surface area contributed by atoms with E-state index >= 15 is 0 Å². The second-order valence-corrected chi connectivity index (χ2v) is 22.8. The van der Waals surface area contributed by atoms with Crippen molar-refractivity contribution in [2.24, 2.45) is 0 Å². The molecule has 0 amide bonds. The number of furan rings is 2. The molecule has 0 bridgehead atoms. The van der Waals surface area contributed by atoms with Gasteiger partial charge in [-0.25, -0.2) is 0 Å². The maximum Gasteiger partial charge on any atom is 0.333 e. The first-order chi connectivity index (χ1) is 30.4. The number of aryl methyl sites for hydroxylation is 1. The molecule has 0 radical (unpaired) electrons. The topological polar surface area (TPSA) is 34.5 Å². The lowest BCUT2D eigenvalue weighted by atomic mass is 9.43. The van der Waals surface area contributed by atoms with Crippen LogP contribution in [0, 0.1) is 6.92 Å². The number of fused-ring (bicyclic) bond motifs is 16. The number of aromatic nitrogens is 1. The zero-order valence-electron chi connectivity index (χ0n) is 39.1. The summed E-state index contributed by atoms with van der Waals surface area (Å²) >= 11 is 0. The predicted octanol–water partition coefficient (Wildman–Crippen LogP) is 15.1. The van der Waals surface area contributed by atoms with Crippen molar-refractivity contribution in [3.8, 4) is 16.8 Å². The molecule has 10 aromatic rings. The lowest BCUT2D eigenvalue weighted by molar-refractivity contribution is 0.332. The maximum absolute atomic E-state index is 7.21. The fraction of sp³-hybridized carbons (Fsp3) is 0.288. The van der Waals surface area contributed by atoms with Crippen LogP contribution in [0.15, 0.2) is 118 Å². The van der Waals surface area contributed by atoms with Crippen LogP contribution >= 0.6 is 0 Å². The second-order valence-electron chi connectivity index (χ2n) is 22.8. The Morgan fingerprint density at radius 2 is 1.20 bits per heavy atom. The lowest BCUT2D eigenvalue weighted by Gasteiger charge is -2.46. The van der Waals surface area contributed by atoms with Crippen molar-refractivity contribution in [2.75, 3.05) is 4.81 Å². The normalized spacial score (nSPS) is 16.4. The van der Waals surface area contributed by atoms with Crippen LogP contribution in [0.1, 0.15) is 110 Å². The highest BCUT2D eigenvalue weighted by molar-refractivity contribution is 6.94. The molecule has 5 heterocycles. The Labute approximate surface area is 375 Å². The largest absolute Gasteiger partial charge is 0.456 e. The van der Waals surface area contributed by atoms with Gasteiger partial charge in [-0.1, -0.05) is 124 Å². The Balaban J connectivity index is 1.28. The summed E-state index contributed by atoms with van der Waals surface area (Å²) in [5, 5.41) is 7.15. The third kappa shape index (κ3) is 4.91. The summed E-state index contributed by atoms with van der Waals surface area (Å²) < 4.78 is 16.6. The molecule has 64 heavy (non-hydrogen) atoms. The molecule has 3 aliphatic rings. The molecule has 1 aliphatic carbocycles. The van der Waals surface area contributed by atoms with Crippen LogP contribution in [0.25, 0.3) is 82.5 Å². The zero-order valence-corrected chi connectivity index (χ0v) is 39.1. The molecule has 0 fully saturated rings. The number of hydrogen-bond donors (Lipinski definition) is 0. The van der Waals surface area contributed by atoms with E-state index in [4.69, 9.17) is 8.83 Å². The van der Waals surface area contributed by atoms with Gasteiger partial charge in [0.1, 0.15) is 22.3 Å². The van der Waals surface area contributed by atoms with E-state index in [0.29, 0.717) is 0 Å². The summed E-state index contributed by atoms with van der Waals surface area (Å²) in [6.45, 7) is 26.1. The summed E-state index contributed by atoms with van der Waals surface area (Å²) in [6.07, 6.45) is 2.33.